The van der Waals surface area contributed by atoms with Crippen LogP contribution in [0.5, 0.6) is 0 Å². The molecule has 0 amide bonds. The lowest BCUT2D eigenvalue weighted by Crippen LogP contribution is -2.28. The maximum atomic E-state index is 5.91. The van der Waals surface area contributed by atoms with E-state index < -0.39 is 0 Å². The molecule has 1 aromatic heterocycles. The van der Waals surface area contributed by atoms with Crippen molar-refractivity contribution in [3.8, 4) is 11.5 Å². The Labute approximate surface area is 139 Å². The van der Waals surface area contributed by atoms with Gasteiger partial charge < -0.3 is 9.32 Å². The molecule has 0 saturated carbocycles. The van der Waals surface area contributed by atoms with E-state index >= 15 is 0 Å². The van der Waals surface area contributed by atoms with Crippen LogP contribution in [0.25, 0.3) is 11.5 Å². The quantitative estimate of drug-likeness (QED) is 0.718. The first-order chi connectivity index (χ1) is 11.2. The van der Waals surface area contributed by atoms with Gasteiger partial charge in [0.25, 0.3) is 0 Å². The van der Waals surface area contributed by atoms with Gasteiger partial charge in [0.15, 0.2) is 0 Å². The van der Waals surface area contributed by atoms with E-state index in [0.717, 1.165) is 12.0 Å². The van der Waals surface area contributed by atoms with Gasteiger partial charge in [-0.3, -0.25) is 0 Å². The molecular weight excluding hydrogens is 310 g/mol. The van der Waals surface area contributed by atoms with Crippen molar-refractivity contribution >= 4 is 17.3 Å². The van der Waals surface area contributed by atoms with Crippen LogP contribution >= 0.6 is 11.6 Å². The number of nitrogens with zero attached hydrogens (tertiary/aromatic N) is 3. The molecule has 1 atom stereocenters. The molecule has 0 unspecified atom stereocenters. The van der Waals surface area contributed by atoms with E-state index in [1.54, 1.807) is 0 Å². The Morgan fingerprint density at radius 3 is 2.74 bits per heavy atom. The van der Waals surface area contributed by atoms with E-state index in [0.29, 0.717) is 29.4 Å². The van der Waals surface area contributed by atoms with Crippen LogP contribution in [0.4, 0.5) is 5.69 Å². The summed E-state index contributed by atoms with van der Waals surface area (Å²) < 4.78 is 5.83. The minimum Gasteiger partial charge on any atom is -0.419 e. The summed E-state index contributed by atoms with van der Waals surface area (Å²) in [5, 5.41) is 9.04. The summed E-state index contributed by atoms with van der Waals surface area (Å²) in [4.78, 5) is 2.31. The van der Waals surface area contributed by atoms with Gasteiger partial charge in [-0.2, -0.15) is 0 Å². The number of fused-ring (bicyclic) bond motifs is 1. The van der Waals surface area contributed by atoms with Crippen molar-refractivity contribution in [1.29, 1.82) is 0 Å². The lowest BCUT2D eigenvalue weighted by molar-refractivity contribution is 0.489. The molecule has 0 fully saturated rings. The fourth-order valence-corrected chi connectivity index (χ4v) is 3.17. The van der Waals surface area contributed by atoms with Gasteiger partial charge in [-0.15, -0.1) is 10.2 Å². The van der Waals surface area contributed by atoms with Crippen molar-refractivity contribution in [2.45, 2.75) is 25.9 Å². The second-order valence-electron chi connectivity index (χ2n) is 5.82. The molecule has 23 heavy (non-hydrogen) atoms. The predicted molar refractivity (Wildman–Crippen MR) is 90.5 cm³/mol. The maximum absolute atomic E-state index is 5.91. The first-order valence-corrected chi connectivity index (χ1v) is 8.01. The van der Waals surface area contributed by atoms with Gasteiger partial charge in [0.2, 0.25) is 11.8 Å². The highest BCUT2D eigenvalue weighted by atomic mass is 35.5. The first kappa shape index (κ1) is 14.3. The van der Waals surface area contributed by atoms with Crippen molar-refractivity contribution in [3.05, 3.63) is 65.0 Å². The van der Waals surface area contributed by atoms with Crippen LogP contribution in [0.2, 0.25) is 5.02 Å². The minimum absolute atomic E-state index is 0.429. The highest BCUT2D eigenvalue weighted by Gasteiger charge is 2.27. The monoisotopic (exact) mass is 325 g/mol. The van der Waals surface area contributed by atoms with Crippen molar-refractivity contribution in [1.82, 2.24) is 10.2 Å². The molecule has 1 aliphatic rings. The third-order valence-corrected chi connectivity index (χ3v) is 4.46. The van der Waals surface area contributed by atoms with Crippen LogP contribution < -0.4 is 4.90 Å². The summed E-state index contributed by atoms with van der Waals surface area (Å²) >= 11 is 5.91. The second-order valence-corrected chi connectivity index (χ2v) is 6.25. The largest absolute Gasteiger partial charge is 0.419 e. The van der Waals surface area contributed by atoms with Gasteiger partial charge in [0, 0.05) is 22.3 Å². The molecule has 2 aromatic carbocycles. The van der Waals surface area contributed by atoms with Crippen molar-refractivity contribution in [3.63, 3.8) is 0 Å². The van der Waals surface area contributed by atoms with E-state index in [1.165, 1.54) is 11.3 Å². The Morgan fingerprint density at radius 1 is 1.13 bits per heavy atom. The number of para-hydroxylation sites is 1. The van der Waals surface area contributed by atoms with Gasteiger partial charge >= 0.3 is 0 Å². The number of halogens is 1. The van der Waals surface area contributed by atoms with Gasteiger partial charge in [-0.05, 0) is 49.2 Å². The minimum atomic E-state index is 0.429. The second kappa shape index (κ2) is 5.70. The zero-order valence-electron chi connectivity index (χ0n) is 12.7. The molecule has 2 heterocycles. The van der Waals surface area contributed by atoms with Crippen molar-refractivity contribution in [2.75, 3.05) is 4.90 Å². The third-order valence-electron chi connectivity index (χ3n) is 4.21. The lowest BCUT2D eigenvalue weighted by atomic mass is 10.1. The first-order valence-electron chi connectivity index (χ1n) is 7.63. The number of hydrogen-bond donors (Lipinski definition) is 0. The Bertz CT molecular complexity index is 828. The molecular formula is C18H16ClN3O. The number of hydrogen-bond acceptors (Lipinski definition) is 4. The van der Waals surface area contributed by atoms with Crippen LogP contribution in [-0.4, -0.2) is 16.2 Å². The Kier molecular flexibility index (Phi) is 3.54. The summed E-state index contributed by atoms with van der Waals surface area (Å²) in [5.41, 5.74) is 3.51. The summed E-state index contributed by atoms with van der Waals surface area (Å²) in [6, 6.07) is 16.3. The van der Waals surface area contributed by atoms with Gasteiger partial charge in [-0.25, -0.2) is 0 Å². The highest BCUT2D eigenvalue weighted by Crippen LogP contribution is 2.33. The average molecular weight is 326 g/mol. The number of rotatable bonds is 3. The van der Waals surface area contributed by atoms with Gasteiger partial charge in [0.1, 0.15) is 0 Å². The summed E-state index contributed by atoms with van der Waals surface area (Å²) in [7, 11) is 0. The average Bonchev–Trinajstić information content (AvgIpc) is 3.14. The Hall–Kier alpha value is -2.33. The molecule has 0 radical (unpaired) electrons. The molecule has 4 nitrogen and oxygen atoms in total. The number of anilines is 1. The summed E-state index contributed by atoms with van der Waals surface area (Å²) in [6.45, 7) is 2.84. The zero-order chi connectivity index (χ0) is 15.8. The predicted octanol–water partition coefficient (Wildman–Crippen LogP) is 4.34. The van der Waals surface area contributed by atoms with Crippen LogP contribution in [0.1, 0.15) is 18.4 Å². The standard InChI is InChI=1S/C18H16ClN3O/c1-12-10-14-4-2-3-5-16(14)22(12)11-17-20-21-18(23-17)13-6-8-15(19)9-7-13/h2-9,12H,10-11H2,1H3/t12-/m0/s1. The van der Waals surface area contributed by atoms with Crippen LogP contribution in [0, 0.1) is 0 Å². The van der Waals surface area contributed by atoms with E-state index in [4.69, 9.17) is 16.0 Å². The molecule has 0 bridgehead atoms. The Balaban J connectivity index is 1.57. The lowest BCUT2D eigenvalue weighted by Gasteiger charge is -2.22. The topological polar surface area (TPSA) is 42.2 Å². The van der Waals surface area contributed by atoms with Crippen molar-refractivity contribution in [2.24, 2.45) is 0 Å². The van der Waals surface area contributed by atoms with Gasteiger partial charge in [-0.1, -0.05) is 29.8 Å². The van der Waals surface area contributed by atoms with Crippen molar-refractivity contribution < 1.29 is 4.42 Å². The summed E-state index contributed by atoms with van der Waals surface area (Å²) in [6.07, 6.45) is 1.05. The number of aromatic nitrogens is 2. The van der Waals surface area contributed by atoms with Gasteiger partial charge in [0.05, 0.1) is 6.54 Å². The number of benzene rings is 2. The molecule has 5 heteroatoms. The molecule has 0 aliphatic carbocycles. The zero-order valence-corrected chi connectivity index (χ0v) is 13.5. The van der Waals surface area contributed by atoms with E-state index in [-0.39, 0.29) is 0 Å². The molecule has 4 rings (SSSR count). The summed E-state index contributed by atoms with van der Waals surface area (Å²) in [5.74, 6) is 1.15. The highest BCUT2D eigenvalue weighted by molar-refractivity contribution is 6.30. The smallest absolute Gasteiger partial charge is 0.247 e. The fourth-order valence-electron chi connectivity index (χ4n) is 3.04. The SMILES string of the molecule is C[C@H]1Cc2ccccc2N1Cc1nnc(-c2ccc(Cl)cc2)o1. The van der Waals surface area contributed by atoms with E-state index in [9.17, 15) is 0 Å². The van der Waals surface area contributed by atoms with Crippen LogP contribution in [-0.2, 0) is 13.0 Å². The van der Waals surface area contributed by atoms with E-state index in [1.807, 2.05) is 24.3 Å². The normalized spacial score (nSPS) is 16.6. The molecule has 3 aromatic rings. The van der Waals surface area contributed by atoms with Crippen LogP contribution in [0.3, 0.4) is 0 Å². The molecule has 0 saturated heterocycles. The van der Waals surface area contributed by atoms with Crippen LogP contribution in [0.15, 0.2) is 52.9 Å². The molecule has 0 spiro atoms. The fraction of sp³-hybridized carbons (Fsp3) is 0.222. The molecule has 116 valence electrons. The van der Waals surface area contributed by atoms with E-state index in [2.05, 4.69) is 46.3 Å². The molecule has 0 N–H and O–H groups in total. The Morgan fingerprint density at radius 2 is 1.91 bits per heavy atom. The maximum Gasteiger partial charge on any atom is 0.247 e. The molecule has 1 aliphatic heterocycles. The third kappa shape index (κ3) is 2.70.